The molecule has 1 unspecified atom stereocenters. The summed E-state index contributed by atoms with van der Waals surface area (Å²) >= 11 is 5.94. The number of carbonyl (C=O) groups excluding carboxylic acids is 1. The lowest BCUT2D eigenvalue weighted by molar-refractivity contribution is -0.123. The first kappa shape index (κ1) is 21.8. The molecule has 0 radical (unpaired) electrons. The standard InChI is InChI=1S/C22H30ClN3O3/c1-2-16(22(24)28)13-19(27)14-25-9-11-26(12-10-25)15-20-7-8-21(29-20)17-3-5-18(23)6-4-17/h3-8,16,19,27H,2,9-15H2,1H3,(H2,24,28)/t16?,19-/m0/s1. The minimum Gasteiger partial charge on any atom is -0.460 e. The van der Waals surface area contributed by atoms with Crippen molar-refractivity contribution in [2.75, 3.05) is 32.7 Å². The molecule has 7 heteroatoms. The molecule has 1 aliphatic heterocycles. The van der Waals surface area contributed by atoms with E-state index >= 15 is 0 Å². The van der Waals surface area contributed by atoms with Crippen LogP contribution >= 0.6 is 11.6 Å². The van der Waals surface area contributed by atoms with Crippen LogP contribution in [0.3, 0.4) is 0 Å². The van der Waals surface area contributed by atoms with Gasteiger partial charge in [-0.2, -0.15) is 0 Å². The lowest BCUT2D eigenvalue weighted by Gasteiger charge is -2.35. The first-order chi connectivity index (χ1) is 13.9. The molecule has 6 nitrogen and oxygen atoms in total. The molecule has 1 fully saturated rings. The summed E-state index contributed by atoms with van der Waals surface area (Å²) in [5.41, 5.74) is 6.40. The van der Waals surface area contributed by atoms with Gasteiger partial charge in [0.25, 0.3) is 0 Å². The number of benzene rings is 1. The van der Waals surface area contributed by atoms with Crippen LogP contribution in [0.2, 0.25) is 5.02 Å². The highest BCUT2D eigenvalue weighted by molar-refractivity contribution is 6.30. The molecule has 0 bridgehead atoms. The maximum atomic E-state index is 11.4. The fraction of sp³-hybridized carbons (Fsp3) is 0.500. The fourth-order valence-corrected chi connectivity index (χ4v) is 3.89. The summed E-state index contributed by atoms with van der Waals surface area (Å²) in [5, 5.41) is 11.0. The molecule has 1 aromatic heterocycles. The van der Waals surface area contributed by atoms with Gasteiger partial charge in [0.15, 0.2) is 0 Å². The van der Waals surface area contributed by atoms with Crippen molar-refractivity contribution in [1.29, 1.82) is 0 Å². The van der Waals surface area contributed by atoms with E-state index in [1.807, 2.05) is 43.3 Å². The summed E-state index contributed by atoms with van der Waals surface area (Å²) in [4.78, 5) is 16.0. The third kappa shape index (κ3) is 6.31. The number of piperazine rings is 1. The molecule has 0 aliphatic carbocycles. The molecule has 1 aliphatic rings. The number of amides is 1. The molecule has 3 N–H and O–H groups in total. The zero-order valence-corrected chi connectivity index (χ0v) is 17.6. The smallest absolute Gasteiger partial charge is 0.220 e. The lowest BCUT2D eigenvalue weighted by Crippen LogP contribution is -2.48. The van der Waals surface area contributed by atoms with Crippen LogP contribution < -0.4 is 5.73 Å². The average Bonchev–Trinajstić information content (AvgIpc) is 3.16. The number of nitrogens with two attached hydrogens (primary N) is 1. The van der Waals surface area contributed by atoms with Gasteiger partial charge in [-0.25, -0.2) is 0 Å². The van der Waals surface area contributed by atoms with Gasteiger partial charge in [-0.15, -0.1) is 0 Å². The summed E-state index contributed by atoms with van der Waals surface area (Å²) in [6, 6.07) is 11.6. The fourth-order valence-electron chi connectivity index (χ4n) is 3.77. The van der Waals surface area contributed by atoms with Crippen LogP contribution in [0.5, 0.6) is 0 Å². The number of β-amino-alcohol motifs (C(OH)–C–C–N with tert-alkyl or cyclic N) is 1. The Morgan fingerprint density at radius 3 is 2.41 bits per heavy atom. The van der Waals surface area contributed by atoms with E-state index in [-0.39, 0.29) is 11.8 Å². The first-order valence-corrected chi connectivity index (χ1v) is 10.6. The molecule has 1 saturated heterocycles. The molecule has 1 aromatic carbocycles. The zero-order chi connectivity index (χ0) is 20.8. The molecule has 2 atom stereocenters. The minimum atomic E-state index is -0.522. The number of aliphatic hydroxyl groups excluding tert-OH is 1. The Bertz CT molecular complexity index is 785. The molecule has 2 heterocycles. The van der Waals surface area contributed by atoms with Crippen molar-refractivity contribution in [2.45, 2.75) is 32.4 Å². The predicted molar refractivity (Wildman–Crippen MR) is 114 cm³/mol. The highest BCUT2D eigenvalue weighted by Gasteiger charge is 2.23. The van der Waals surface area contributed by atoms with E-state index in [9.17, 15) is 9.90 Å². The molecule has 0 saturated carbocycles. The largest absolute Gasteiger partial charge is 0.460 e. The van der Waals surface area contributed by atoms with Crippen molar-refractivity contribution in [3.63, 3.8) is 0 Å². The Labute approximate surface area is 177 Å². The lowest BCUT2D eigenvalue weighted by atomic mass is 9.98. The first-order valence-electron chi connectivity index (χ1n) is 10.2. The van der Waals surface area contributed by atoms with Crippen molar-refractivity contribution >= 4 is 17.5 Å². The van der Waals surface area contributed by atoms with Crippen molar-refractivity contribution in [2.24, 2.45) is 11.7 Å². The summed E-state index contributed by atoms with van der Waals surface area (Å²) in [7, 11) is 0. The van der Waals surface area contributed by atoms with Crippen LogP contribution in [0.1, 0.15) is 25.5 Å². The summed E-state index contributed by atoms with van der Waals surface area (Å²) in [6.45, 7) is 6.87. The number of aliphatic hydroxyl groups is 1. The topological polar surface area (TPSA) is 82.9 Å². The van der Waals surface area contributed by atoms with Crippen molar-refractivity contribution in [3.05, 3.63) is 47.2 Å². The van der Waals surface area contributed by atoms with Crippen LogP contribution in [-0.4, -0.2) is 59.6 Å². The van der Waals surface area contributed by atoms with E-state index in [0.717, 1.165) is 49.8 Å². The third-order valence-electron chi connectivity index (χ3n) is 5.56. The Kier molecular flexibility index (Phi) is 7.72. The van der Waals surface area contributed by atoms with Crippen LogP contribution in [0.15, 0.2) is 40.8 Å². The van der Waals surface area contributed by atoms with E-state index in [0.29, 0.717) is 24.4 Å². The number of hydrogen-bond acceptors (Lipinski definition) is 5. The Hall–Kier alpha value is -1.86. The highest BCUT2D eigenvalue weighted by Crippen LogP contribution is 2.24. The van der Waals surface area contributed by atoms with Crippen molar-refractivity contribution < 1.29 is 14.3 Å². The van der Waals surface area contributed by atoms with Crippen LogP contribution in [0.4, 0.5) is 0 Å². The molecular weight excluding hydrogens is 390 g/mol. The second-order valence-corrected chi connectivity index (χ2v) is 8.18. The molecule has 3 rings (SSSR count). The van der Waals surface area contributed by atoms with Gasteiger partial charge in [0.2, 0.25) is 5.91 Å². The zero-order valence-electron chi connectivity index (χ0n) is 16.9. The second kappa shape index (κ2) is 10.3. The number of hydrogen-bond donors (Lipinski definition) is 2. The quantitative estimate of drug-likeness (QED) is 0.652. The van der Waals surface area contributed by atoms with Gasteiger partial charge in [-0.3, -0.25) is 14.6 Å². The van der Waals surface area contributed by atoms with Crippen molar-refractivity contribution in [3.8, 4) is 11.3 Å². The molecular formula is C22H30ClN3O3. The molecule has 0 spiro atoms. The third-order valence-corrected chi connectivity index (χ3v) is 5.81. The predicted octanol–water partition coefficient (Wildman–Crippen LogP) is 2.98. The number of furan rings is 1. The monoisotopic (exact) mass is 419 g/mol. The van der Waals surface area contributed by atoms with Crippen molar-refractivity contribution in [1.82, 2.24) is 9.80 Å². The number of nitrogens with zero attached hydrogens (tertiary/aromatic N) is 2. The van der Waals surface area contributed by atoms with Gasteiger partial charge in [-0.1, -0.05) is 18.5 Å². The number of primary amides is 1. The highest BCUT2D eigenvalue weighted by atomic mass is 35.5. The van der Waals surface area contributed by atoms with Crippen LogP contribution in [-0.2, 0) is 11.3 Å². The molecule has 1 amide bonds. The molecule has 29 heavy (non-hydrogen) atoms. The average molecular weight is 420 g/mol. The van der Waals surface area contributed by atoms with E-state index < -0.39 is 6.10 Å². The van der Waals surface area contributed by atoms with Gasteiger partial charge < -0.3 is 15.3 Å². The van der Waals surface area contributed by atoms with E-state index in [4.69, 9.17) is 21.8 Å². The number of rotatable bonds is 9. The van der Waals surface area contributed by atoms with E-state index in [1.54, 1.807) is 0 Å². The summed E-state index contributed by atoms with van der Waals surface area (Å²) in [5.74, 6) is 1.21. The van der Waals surface area contributed by atoms with Gasteiger partial charge in [0.05, 0.1) is 12.6 Å². The Balaban J connectivity index is 1.44. The van der Waals surface area contributed by atoms with E-state index in [1.165, 1.54) is 0 Å². The van der Waals surface area contributed by atoms with Gasteiger partial charge >= 0.3 is 0 Å². The molecule has 2 aromatic rings. The van der Waals surface area contributed by atoms with E-state index in [2.05, 4.69) is 9.80 Å². The Morgan fingerprint density at radius 2 is 1.79 bits per heavy atom. The van der Waals surface area contributed by atoms with Gasteiger partial charge in [-0.05, 0) is 49.2 Å². The second-order valence-electron chi connectivity index (χ2n) is 7.75. The maximum absolute atomic E-state index is 11.4. The molecule has 158 valence electrons. The minimum absolute atomic E-state index is 0.250. The van der Waals surface area contributed by atoms with Crippen LogP contribution in [0, 0.1) is 5.92 Å². The van der Waals surface area contributed by atoms with Gasteiger partial charge in [0, 0.05) is 49.2 Å². The SMILES string of the molecule is CCC(C[C@H](O)CN1CCN(Cc2ccc(-c3ccc(Cl)cc3)o2)CC1)C(N)=O. The maximum Gasteiger partial charge on any atom is 0.220 e. The Morgan fingerprint density at radius 1 is 1.14 bits per heavy atom. The number of halogens is 1. The number of carbonyl (C=O) groups is 1. The van der Waals surface area contributed by atoms with Gasteiger partial charge in [0.1, 0.15) is 11.5 Å². The summed E-state index contributed by atoms with van der Waals surface area (Å²) in [6.07, 6.45) is 0.582. The normalized spacial score (nSPS) is 17.9. The van der Waals surface area contributed by atoms with Crippen LogP contribution in [0.25, 0.3) is 11.3 Å². The summed E-state index contributed by atoms with van der Waals surface area (Å²) < 4.78 is 6.00.